The molecule has 1 atom stereocenters. The molecule has 1 amide bonds. The zero-order valence-electron chi connectivity index (χ0n) is 15.9. The van der Waals surface area contributed by atoms with Crippen LogP contribution in [0.2, 0.25) is 0 Å². The molecule has 2 aromatic carbocycles. The van der Waals surface area contributed by atoms with Crippen molar-refractivity contribution in [2.75, 3.05) is 13.2 Å². The van der Waals surface area contributed by atoms with Crippen molar-refractivity contribution in [1.29, 1.82) is 0 Å². The Morgan fingerprint density at radius 3 is 2.50 bits per heavy atom. The SMILES string of the molecule is O=C(NC[C@@H]1COc2ccccc2O1)c1ccc(S(=O)(=O)NCc2ccco2)cc1. The number of amides is 1. The summed E-state index contributed by atoms with van der Waals surface area (Å²) < 4.78 is 43.7. The lowest BCUT2D eigenvalue weighted by Gasteiger charge is -2.26. The molecule has 4 rings (SSSR count). The first-order chi connectivity index (χ1) is 14.5. The third-order valence-electron chi connectivity index (χ3n) is 4.50. The van der Waals surface area contributed by atoms with Crippen molar-refractivity contribution in [3.05, 3.63) is 78.3 Å². The molecule has 8 nitrogen and oxygen atoms in total. The summed E-state index contributed by atoms with van der Waals surface area (Å²) in [5, 5.41) is 2.78. The fraction of sp³-hybridized carbons (Fsp3) is 0.190. The molecular weight excluding hydrogens is 408 g/mol. The van der Waals surface area contributed by atoms with Crippen LogP contribution in [0, 0.1) is 0 Å². The molecule has 2 heterocycles. The summed E-state index contributed by atoms with van der Waals surface area (Å²) in [6, 6.07) is 16.4. The molecule has 0 saturated heterocycles. The van der Waals surface area contributed by atoms with Crippen LogP contribution in [0.5, 0.6) is 11.5 Å². The van der Waals surface area contributed by atoms with Gasteiger partial charge in [-0.3, -0.25) is 4.79 Å². The Morgan fingerprint density at radius 1 is 1.00 bits per heavy atom. The number of furan rings is 1. The molecule has 1 aromatic heterocycles. The number of rotatable bonds is 7. The standard InChI is InChI=1S/C21H20N2O6S/c24-21(22-12-17-14-28-19-5-1-2-6-20(19)29-17)15-7-9-18(10-8-15)30(25,26)23-13-16-4-3-11-27-16/h1-11,17,23H,12-14H2,(H,22,24)/t17-/m1/s1. The molecule has 1 aliphatic heterocycles. The summed E-state index contributed by atoms with van der Waals surface area (Å²) in [5.41, 5.74) is 0.345. The third kappa shape index (κ3) is 4.64. The number of ether oxygens (including phenoxy) is 2. The van der Waals surface area contributed by atoms with Crippen LogP contribution in [0.1, 0.15) is 16.1 Å². The van der Waals surface area contributed by atoms with Gasteiger partial charge in [0.1, 0.15) is 18.5 Å². The number of hydrogen-bond acceptors (Lipinski definition) is 6. The molecule has 0 spiro atoms. The molecule has 0 aliphatic carbocycles. The van der Waals surface area contributed by atoms with Gasteiger partial charge in [-0.1, -0.05) is 12.1 Å². The van der Waals surface area contributed by atoms with Crippen molar-refractivity contribution in [1.82, 2.24) is 10.0 Å². The number of carbonyl (C=O) groups excluding carboxylic acids is 1. The lowest BCUT2D eigenvalue weighted by Crippen LogP contribution is -2.40. The van der Waals surface area contributed by atoms with E-state index in [-0.39, 0.29) is 30.0 Å². The second kappa shape index (κ2) is 8.60. The highest BCUT2D eigenvalue weighted by Gasteiger charge is 2.21. The monoisotopic (exact) mass is 428 g/mol. The quantitative estimate of drug-likeness (QED) is 0.598. The van der Waals surface area contributed by atoms with Gasteiger partial charge < -0.3 is 19.2 Å². The Labute approximate surface area is 173 Å². The number of sulfonamides is 1. The van der Waals surface area contributed by atoms with Gasteiger partial charge in [0.05, 0.1) is 24.2 Å². The Bertz CT molecular complexity index is 1110. The fourth-order valence-electron chi connectivity index (χ4n) is 2.92. The van der Waals surface area contributed by atoms with Crippen LogP contribution in [0.25, 0.3) is 0 Å². The molecule has 1 aliphatic rings. The molecule has 0 fully saturated rings. The smallest absolute Gasteiger partial charge is 0.251 e. The van der Waals surface area contributed by atoms with Crippen LogP contribution in [0.4, 0.5) is 0 Å². The topological polar surface area (TPSA) is 107 Å². The van der Waals surface area contributed by atoms with Crippen molar-refractivity contribution >= 4 is 15.9 Å². The van der Waals surface area contributed by atoms with Crippen LogP contribution >= 0.6 is 0 Å². The van der Waals surface area contributed by atoms with E-state index in [0.717, 1.165) is 0 Å². The van der Waals surface area contributed by atoms with Crippen LogP contribution in [-0.2, 0) is 16.6 Å². The minimum Gasteiger partial charge on any atom is -0.486 e. The Morgan fingerprint density at radius 2 is 1.77 bits per heavy atom. The number of para-hydroxylation sites is 2. The van der Waals surface area contributed by atoms with E-state index in [4.69, 9.17) is 13.9 Å². The first-order valence-corrected chi connectivity index (χ1v) is 10.8. The molecule has 0 unspecified atom stereocenters. The number of fused-ring (bicyclic) bond motifs is 1. The fourth-order valence-corrected chi connectivity index (χ4v) is 3.91. The van der Waals surface area contributed by atoms with Crippen LogP contribution < -0.4 is 19.5 Å². The van der Waals surface area contributed by atoms with Crippen LogP contribution in [0.3, 0.4) is 0 Å². The Hall–Kier alpha value is -3.30. The second-order valence-electron chi connectivity index (χ2n) is 6.64. The van der Waals surface area contributed by atoms with Gasteiger partial charge in [-0.25, -0.2) is 13.1 Å². The summed E-state index contributed by atoms with van der Waals surface area (Å²) >= 11 is 0. The van der Waals surface area contributed by atoms with Crippen LogP contribution in [-0.4, -0.2) is 33.6 Å². The van der Waals surface area contributed by atoms with Gasteiger partial charge in [-0.2, -0.15) is 0 Å². The van der Waals surface area contributed by atoms with Gasteiger partial charge in [0.25, 0.3) is 5.91 Å². The largest absolute Gasteiger partial charge is 0.486 e. The van der Waals surface area contributed by atoms with Gasteiger partial charge in [-0.15, -0.1) is 0 Å². The van der Waals surface area contributed by atoms with E-state index >= 15 is 0 Å². The van der Waals surface area contributed by atoms with Gasteiger partial charge in [0, 0.05) is 5.56 Å². The lowest BCUT2D eigenvalue weighted by molar-refractivity contribution is 0.0789. The number of hydrogen-bond donors (Lipinski definition) is 2. The minimum atomic E-state index is -3.71. The Kier molecular flexibility index (Phi) is 5.73. The maximum atomic E-state index is 12.4. The third-order valence-corrected chi connectivity index (χ3v) is 5.92. The molecule has 30 heavy (non-hydrogen) atoms. The first-order valence-electron chi connectivity index (χ1n) is 9.30. The zero-order valence-corrected chi connectivity index (χ0v) is 16.7. The number of benzene rings is 2. The summed E-state index contributed by atoms with van der Waals surface area (Å²) in [6.45, 7) is 0.637. The lowest BCUT2D eigenvalue weighted by atomic mass is 10.2. The van der Waals surface area contributed by atoms with E-state index in [9.17, 15) is 13.2 Å². The van der Waals surface area contributed by atoms with Gasteiger partial charge >= 0.3 is 0 Å². The van der Waals surface area contributed by atoms with E-state index in [0.29, 0.717) is 29.4 Å². The molecule has 156 valence electrons. The Balaban J connectivity index is 1.32. The minimum absolute atomic E-state index is 0.0458. The van der Waals surface area contributed by atoms with Gasteiger partial charge in [0.2, 0.25) is 10.0 Å². The average molecular weight is 428 g/mol. The van der Waals surface area contributed by atoms with Gasteiger partial charge in [0.15, 0.2) is 11.5 Å². The molecule has 0 bridgehead atoms. The normalized spacial score (nSPS) is 15.5. The molecule has 0 saturated carbocycles. The predicted octanol–water partition coefficient (Wildman–Crippen LogP) is 2.33. The van der Waals surface area contributed by atoms with Crippen molar-refractivity contribution in [2.45, 2.75) is 17.5 Å². The van der Waals surface area contributed by atoms with Crippen molar-refractivity contribution in [3.63, 3.8) is 0 Å². The first kappa shape index (κ1) is 20.0. The van der Waals surface area contributed by atoms with Crippen molar-refractivity contribution in [3.8, 4) is 11.5 Å². The summed E-state index contributed by atoms with van der Waals surface area (Å²) in [4.78, 5) is 12.5. The van der Waals surface area contributed by atoms with Crippen molar-refractivity contribution in [2.24, 2.45) is 0 Å². The van der Waals surface area contributed by atoms with E-state index in [1.54, 1.807) is 12.1 Å². The molecule has 9 heteroatoms. The molecule has 0 radical (unpaired) electrons. The highest BCUT2D eigenvalue weighted by Crippen LogP contribution is 2.30. The second-order valence-corrected chi connectivity index (χ2v) is 8.40. The number of nitrogens with one attached hydrogen (secondary N) is 2. The summed E-state index contributed by atoms with van der Waals surface area (Å²) in [6.07, 6.45) is 1.16. The summed E-state index contributed by atoms with van der Waals surface area (Å²) in [5.74, 6) is 1.49. The molecule has 3 aromatic rings. The van der Waals surface area contributed by atoms with E-state index < -0.39 is 10.0 Å². The van der Waals surface area contributed by atoms with Crippen LogP contribution in [0.15, 0.2) is 76.2 Å². The van der Waals surface area contributed by atoms with E-state index in [2.05, 4.69) is 10.0 Å². The van der Waals surface area contributed by atoms with Crippen molar-refractivity contribution < 1.29 is 27.1 Å². The predicted molar refractivity (Wildman–Crippen MR) is 108 cm³/mol. The summed E-state index contributed by atoms with van der Waals surface area (Å²) in [7, 11) is -3.71. The maximum Gasteiger partial charge on any atom is 0.251 e. The van der Waals surface area contributed by atoms with E-state index in [1.807, 2.05) is 24.3 Å². The maximum absolute atomic E-state index is 12.4. The average Bonchev–Trinajstić information content (AvgIpc) is 3.30. The molecule has 2 N–H and O–H groups in total. The van der Waals surface area contributed by atoms with Gasteiger partial charge in [-0.05, 0) is 48.5 Å². The zero-order chi connectivity index (χ0) is 21.0. The highest BCUT2D eigenvalue weighted by atomic mass is 32.2. The molecular formula is C21H20N2O6S. The highest BCUT2D eigenvalue weighted by molar-refractivity contribution is 7.89. The van der Waals surface area contributed by atoms with E-state index in [1.165, 1.54) is 30.5 Å². The number of carbonyl (C=O) groups is 1.